The fourth-order valence-electron chi connectivity index (χ4n) is 9.17. The van der Waals surface area contributed by atoms with E-state index in [0.717, 1.165) is 88.6 Å². The molecule has 12 rings (SSSR count). The zero-order valence-corrected chi connectivity index (χ0v) is 30.8. The first-order valence-corrected chi connectivity index (χ1v) is 19.4. The molecule has 266 valence electrons. The van der Waals surface area contributed by atoms with E-state index in [2.05, 4.69) is 193 Å². The molecule has 0 atom stereocenters. The number of hydrogen-bond donors (Lipinski definition) is 0. The molecule has 0 aliphatic carbocycles. The third kappa shape index (κ3) is 4.79. The van der Waals surface area contributed by atoms with Gasteiger partial charge in [-0.3, -0.25) is 0 Å². The summed E-state index contributed by atoms with van der Waals surface area (Å²) in [6.07, 6.45) is 0. The molecular weight excluding hydrogens is 695 g/mol. The van der Waals surface area contributed by atoms with Crippen LogP contribution in [0.3, 0.4) is 0 Å². The number of anilines is 3. The molecule has 3 heteroatoms. The quantitative estimate of drug-likeness (QED) is 0.165. The Labute approximate surface area is 328 Å². The molecule has 0 spiro atoms. The van der Waals surface area contributed by atoms with Crippen LogP contribution in [0, 0.1) is 0 Å². The van der Waals surface area contributed by atoms with Crippen LogP contribution in [0.4, 0.5) is 17.1 Å². The highest BCUT2D eigenvalue weighted by atomic mass is 16.3. The second-order valence-electron chi connectivity index (χ2n) is 14.8. The Morgan fingerprint density at radius 3 is 1.74 bits per heavy atom. The van der Waals surface area contributed by atoms with Crippen molar-refractivity contribution in [3.8, 4) is 22.3 Å². The van der Waals surface area contributed by atoms with E-state index in [1.165, 1.54) is 26.9 Å². The number of nitrogens with zero attached hydrogens (tertiary/aromatic N) is 1. The summed E-state index contributed by atoms with van der Waals surface area (Å²) in [4.78, 5) is 2.47. The van der Waals surface area contributed by atoms with Crippen LogP contribution in [0.5, 0.6) is 0 Å². The van der Waals surface area contributed by atoms with E-state index in [1.807, 2.05) is 12.1 Å². The van der Waals surface area contributed by atoms with Crippen LogP contribution < -0.4 is 4.90 Å². The molecule has 0 unspecified atom stereocenters. The van der Waals surface area contributed by atoms with Gasteiger partial charge in [0.2, 0.25) is 0 Å². The summed E-state index contributed by atoms with van der Waals surface area (Å²) in [7, 11) is 0. The molecule has 0 saturated carbocycles. The Morgan fingerprint density at radius 1 is 0.333 bits per heavy atom. The van der Waals surface area contributed by atoms with Crippen LogP contribution in [-0.4, -0.2) is 0 Å². The Kier molecular flexibility index (Phi) is 6.93. The largest absolute Gasteiger partial charge is 0.456 e. The van der Waals surface area contributed by atoms with Crippen molar-refractivity contribution in [1.82, 2.24) is 0 Å². The van der Waals surface area contributed by atoms with Gasteiger partial charge in [0.1, 0.15) is 16.7 Å². The first-order chi connectivity index (χ1) is 28.3. The lowest BCUT2D eigenvalue weighted by Gasteiger charge is -2.32. The van der Waals surface area contributed by atoms with Crippen molar-refractivity contribution < 1.29 is 8.83 Å². The number of para-hydroxylation sites is 4. The monoisotopic (exact) mass is 727 g/mol. The molecule has 0 amide bonds. The lowest BCUT2D eigenvalue weighted by atomic mass is 9.88. The number of furan rings is 2. The maximum Gasteiger partial charge on any atom is 0.159 e. The minimum absolute atomic E-state index is 0.835. The van der Waals surface area contributed by atoms with Crippen LogP contribution in [0.25, 0.3) is 98.4 Å². The third-order valence-electron chi connectivity index (χ3n) is 11.6. The van der Waals surface area contributed by atoms with E-state index in [-0.39, 0.29) is 0 Å². The van der Waals surface area contributed by atoms with Gasteiger partial charge in [-0.05, 0) is 74.5 Å². The molecule has 0 saturated heterocycles. The number of rotatable bonds is 5. The van der Waals surface area contributed by atoms with Crippen molar-refractivity contribution in [3.63, 3.8) is 0 Å². The van der Waals surface area contributed by atoms with Crippen LogP contribution >= 0.6 is 0 Å². The Morgan fingerprint density at radius 2 is 0.895 bits per heavy atom. The Bertz CT molecular complexity index is 3550. The van der Waals surface area contributed by atoms with Gasteiger partial charge in [-0.25, -0.2) is 0 Å². The molecule has 0 aliphatic heterocycles. The van der Waals surface area contributed by atoms with Gasteiger partial charge >= 0.3 is 0 Å². The minimum Gasteiger partial charge on any atom is -0.456 e. The van der Waals surface area contributed by atoms with Crippen molar-refractivity contribution >= 4 is 93.3 Å². The molecule has 2 heterocycles. The summed E-state index contributed by atoms with van der Waals surface area (Å²) < 4.78 is 13.4. The van der Waals surface area contributed by atoms with Crippen molar-refractivity contribution in [2.24, 2.45) is 0 Å². The van der Waals surface area contributed by atoms with E-state index >= 15 is 0 Å². The average Bonchev–Trinajstić information content (AvgIpc) is 3.86. The topological polar surface area (TPSA) is 29.5 Å². The Hall–Kier alpha value is -7.62. The number of hydrogen-bond acceptors (Lipinski definition) is 3. The first kappa shape index (κ1) is 31.7. The predicted octanol–water partition coefficient (Wildman–Crippen LogP) is 15.7. The fourth-order valence-corrected chi connectivity index (χ4v) is 9.17. The van der Waals surface area contributed by atoms with E-state index in [0.29, 0.717) is 0 Å². The highest BCUT2D eigenvalue weighted by Crippen LogP contribution is 2.53. The summed E-state index contributed by atoms with van der Waals surface area (Å²) in [6, 6.07) is 71.6. The van der Waals surface area contributed by atoms with Crippen molar-refractivity contribution in [2.45, 2.75) is 0 Å². The maximum atomic E-state index is 6.91. The van der Waals surface area contributed by atoms with Crippen LogP contribution in [0.1, 0.15) is 0 Å². The summed E-state index contributed by atoms with van der Waals surface area (Å²) in [5, 5.41) is 11.5. The molecule has 2 aromatic heterocycles. The molecular formula is C54H33NO2. The van der Waals surface area contributed by atoms with E-state index < -0.39 is 0 Å². The summed E-state index contributed by atoms with van der Waals surface area (Å²) in [6.45, 7) is 0. The van der Waals surface area contributed by atoms with Crippen molar-refractivity contribution in [2.75, 3.05) is 4.90 Å². The molecule has 0 aliphatic rings. The van der Waals surface area contributed by atoms with Gasteiger partial charge in [-0.1, -0.05) is 164 Å². The van der Waals surface area contributed by atoms with E-state index in [4.69, 9.17) is 8.83 Å². The lowest BCUT2D eigenvalue weighted by Crippen LogP contribution is -2.14. The third-order valence-corrected chi connectivity index (χ3v) is 11.6. The lowest BCUT2D eigenvalue weighted by molar-refractivity contribution is 0.668. The van der Waals surface area contributed by atoms with Gasteiger partial charge in [0.15, 0.2) is 5.58 Å². The fraction of sp³-hybridized carbons (Fsp3) is 0. The van der Waals surface area contributed by atoms with Crippen molar-refractivity contribution in [1.29, 1.82) is 0 Å². The van der Waals surface area contributed by atoms with Gasteiger partial charge < -0.3 is 13.7 Å². The summed E-state index contributed by atoms with van der Waals surface area (Å²) in [5.41, 5.74) is 11.0. The van der Waals surface area contributed by atoms with E-state index in [1.54, 1.807) is 0 Å². The highest BCUT2D eigenvalue weighted by molar-refractivity contribution is 6.24. The van der Waals surface area contributed by atoms with Crippen LogP contribution in [0.2, 0.25) is 0 Å². The average molecular weight is 728 g/mol. The van der Waals surface area contributed by atoms with Crippen LogP contribution in [-0.2, 0) is 0 Å². The summed E-state index contributed by atoms with van der Waals surface area (Å²) in [5.74, 6) is 0. The van der Waals surface area contributed by atoms with Crippen LogP contribution in [0.15, 0.2) is 209 Å². The predicted molar refractivity (Wildman–Crippen MR) is 239 cm³/mol. The van der Waals surface area contributed by atoms with Gasteiger partial charge in [0.25, 0.3) is 0 Å². The van der Waals surface area contributed by atoms with Gasteiger partial charge in [0.05, 0.1) is 17.1 Å². The molecule has 0 N–H and O–H groups in total. The zero-order chi connectivity index (χ0) is 37.5. The summed E-state index contributed by atoms with van der Waals surface area (Å²) >= 11 is 0. The SMILES string of the molecule is c1ccc(N(c2c(-c3ccc4ccccc4c3)c3ccccc3c3ccccc23)c2cccc3c2oc2ccccc23)c(-c2cccc3oc4ccccc4c23)c1. The highest BCUT2D eigenvalue weighted by Gasteiger charge is 2.28. The maximum absolute atomic E-state index is 6.91. The molecule has 0 radical (unpaired) electrons. The molecule has 10 aromatic carbocycles. The van der Waals surface area contributed by atoms with Gasteiger partial charge in [0, 0.05) is 38.1 Å². The van der Waals surface area contributed by atoms with E-state index in [9.17, 15) is 0 Å². The molecule has 12 aromatic rings. The Balaban J connectivity index is 1.27. The first-order valence-electron chi connectivity index (χ1n) is 19.4. The smallest absolute Gasteiger partial charge is 0.159 e. The minimum atomic E-state index is 0.835. The molecule has 3 nitrogen and oxygen atoms in total. The van der Waals surface area contributed by atoms with Gasteiger partial charge in [-0.15, -0.1) is 0 Å². The second-order valence-corrected chi connectivity index (χ2v) is 14.8. The normalized spacial score (nSPS) is 11.9. The number of fused-ring (bicyclic) bond motifs is 10. The zero-order valence-electron chi connectivity index (χ0n) is 30.8. The number of benzene rings is 10. The molecule has 0 fully saturated rings. The molecule has 57 heavy (non-hydrogen) atoms. The second kappa shape index (κ2) is 12.5. The standard InChI is InChI=1S/C54H33NO2/c1-2-16-35-33-36(32-31-34(35)15-1)51-41-21-5-3-17-37(41)38-18-4-6-22-43(38)53(51)55(47-27-13-25-44-40-20-8-11-28-48(40)57-54(44)47)46-26-10-7-19-39(46)42-24-14-30-50-52(42)45-23-9-12-29-49(45)56-50/h1-33H. The van der Waals surface area contributed by atoms with Crippen molar-refractivity contribution in [3.05, 3.63) is 200 Å². The molecule has 0 bridgehead atoms. The van der Waals surface area contributed by atoms with Gasteiger partial charge in [-0.2, -0.15) is 0 Å².